The molecule has 22 heavy (non-hydrogen) atoms. The molecule has 1 saturated heterocycles. The standard InChI is InChI=1S/C13H15NO6S2/c15-6-13(11(18)19)5-7(10(17)14(13)12(21)22)9(16)8-3-1-2-4-20-8/h2-4,7,10,15,17H,1,5-6H2,(H,18,19)(H,21,22). The molecule has 0 aromatic carbocycles. The summed E-state index contributed by atoms with van der Waals surface area (Å²) in [6.07, 6.45) is 3.29. The molecule has 2 rings (SSSR count). The summed E-state index contributed by atoms with van der Waals surface area (Å²) in [5.74, 6) is -2.98. The molecule has 0 radical (unpaired) electrons. The van der Waals surface area contributed by atoms with E-state index in [1.54, 1.807) is 6.08 Å². The van der Waals surface area contributed by atoms with E-state index in [1.807, 2.05) is 0 Å². The molecule has 0 aromatic rings. The van der Waals surface area contributed by atoms with Crippen molar-refractivity contribution in [3.63, 3.8) is 0 Å². The van der Waals surface area contributed by atoms with Crippen LogP contribution in [-0.4, -0.2) is 54.7 Å². The van der Waals surface area contributed by atoms with Crippen molar-refractivity contribution < 1.29 is 29.6 Å². The van der Waals surface area contributed by atoms with Gasteiger partial charge in [-0.2, -0.15) is 0 Å². The summed E-state index contributed by atoms with van der Waals surface area (Å²) in [7, 11) is 0. The van der Waals surface area contributed by atoms with Crippen molar-refractivity contribution in [2.45, 2.75) is 24.6 Å². The minimum absolute atomic E-state index is 0.0377. The second-order valence-corrected chi connectivity index (χ2v) is 6.14. The van der Waals surface area contributed by atoms with Crippen LogP contribution in [0.25, 0.3) is 0 Å². The molecule has 0 aliphatic carbocycles. The summed E-state index contributed by atoms with van der Waals surface area (Å²) in [6, 6.07) is 0. The number of ether oxygens (including phenoxy) is 1. The first-order valence-corrected chi connectivity index (χ1v) is 7.31. The van der Waals surface area contributed by atoms with E-state index in [2.05, 4.69) is 12.6 Å². The number of rotatable bonds is 4. The summed E-state index contributed by atoms with van der Waals surface area (Å²) in [5, 5.41) is 29.3. The van der Waals surface area contributed by atoms with Crippen molar-refractivity contribution in [3.8, 4) is 0 Å². The van der Waals surface area contributed by atoms with Gasteiger partial charge >= 0.3 is 5.97 Å². The Morgan fingerprint density at radius 2 is 2.23 bits per heavy atom. The van der Waals surface area contributed by atoms with Crippen LogP contribution in [0.5, 0.6) is 0 Å². The van der Waals surface area contributed by atoms with Gasteiger partial charge in [-0.05, 0) is 25.0 Å². The Bertz CT molecular complexity index is 575. The number of allylic oxidation sites excluding steroid dienone is 3. The topological polar surface area (TPSA) is 107 Å². The van der Waals surface area contributed by atoms with Crippen LogP contribution in [0.1, 0.15) is 12.8 Å². The van der Waals surface area contributed by atoms with Gasteiger partial charge < -0.3 is 25.0 Å². The van der Waals surface area contributed by atoms with Gasteiger partial charge in [0, 0.05) is 0 Å². The fourth-order valence-electron chi connectivity index (χ4n) is 2.67. The number of nitrogens with zero attached hydrogens (tertiary/aromatic N) is 1. The molecule has 1 fully saturated rings. The average molecular weight is 345 g/mol. The van der Waals surface area contributed by atoms with E-state index >= 15 is 0 Å². The zero-order chi connectivity index (χ0) is 16.5. The molecule has 9 heteroatoms. The van der Waals surface area contributed by atoms with E-state index < -0.39 is 36.0 Å². The third-order valence-electron chi connectivity index (χ3n) is 3.82. The number of aliphatic carboxylic acids is 1. The van der Waals surface area contributed by atoms with Crippen molar-refractivity contribution in [1.29, 1.82) is 0 Å². The van der Waals surface area contributed by atoms with Crippen molar-refractivity contribution in [3.05, 3.63) is 24.2 Å². The number of aliphatic hydroxyl groups excluding tert-OH is 2. The van der Waals surface area contributed by atoms with Gasteiger partial charge in [0.25, 0.3) is 0 Å². The predicted molar refractivity (Wildman–Crippen MR) is 82.9 cm³/mol. The number of carboxylic acid groups (broad SMARTS) is 1. The molecule has 2 heterocycles. The molecule has 0 amide bonds. The summed E-state index contributed by atoms with van der Waals surface area (Å²) in [5.41, 5.74) is -1.89. The van der Waals surface area contributed by atoms with E-state index in [9.17, 15) is 24.9 Å². The number of likely N-dealkylation sites (tertiary alicyclic amines) is 1. The first kappa shape index (κ1) is 16.9. The lowest BCUT2D eigenvalue weighted by molar-refractivity contribution is -0.152. The van der Waals surface area contributed by atoms with Gasteiger partial charge in [-0.25, -0.2) is 4.79 Å². The average Bonchev–Trinajstić information content (AvgIpc) is 2.81. The second kappa shape index (κ2) is 6.37. The summed E-state index contributed by atoms with van der Waals surface area (Å²) < 4.78 is 4.89. The number of aliphatic hydroxyl groups is 2. The van der Waals surface area contributed by atoms with Crippen molar-refractivity contribution >= 4 is 40.9 Å². The van der Waals surface area contributed by atoms with Crippen LogP contribution in [0.2, 0.25) is 0 Å². The van der Waals surface area contributed by atoms with Crippen LogP contribution in [0.3, 0.4) is 0 Å². The number of ketones is 1. The van der Waals surface area contributed by atoms with Crippen molar-refractivity contribution in [1.82, 2.24) is 4.90 Å². The summed E-state index contributed by atoms with van der Waals surface area (Å²) in [4.78, 5) is 24.9. The first-order chi connectivity index (χ1) is 10.3. The lowest BCUT2D eigenvalue weighted by atomic mass is 9.89. The lowest BCUT2D eigenvalue weighted by Crippen LogP contribution is -2.56. The lowest BCUT2D eigenvalue weighted by Gasteiger charge is -2.34. The predicted octanol–water partition coefficient (Wildman–Crippen LogP) is 0.0441. The SMILES string of the molecule is O=C(C1=CCC=CO1)C1CC(CO)(C(=O)O)N(C(=S)S)C1O. The van der Waals surface area contributed by atoms with Gasteiger partial charge in [-0.1, -0.05) is 12.2 Å². The monoisotopic (exact) mass is 345 g/mol. The van der Waals surface area contributed by atoms with Gasteiger partial charge in [-0.3, -0.25) is 4.79 Å². The third-order valence-corrected chi connectivity index (χ3v) is 4.23. The van der Waals surface area contributed by atoms with Crippen molar-refractivity contribution in [2.24, 2.45) is 5.92 Å². The Balaban J connectivity index is 2.35. The molecule has 2 aliphatic rings. The fourth-order valence-corrected chi connectivity index (χ4v) is 3.26. The highest BCUT2D eigenvalue weighted by molar-refractivity contribution is 8.10. The maximum Gasteiger partial charge on any atom is 0.332 e. The fraction of sp³-hybridized carbons (Fsp3) is 0.462. The first-order valence-electron chi connectivity index (χ1n) is 6.46. The van der Waals surface area contributed by atoms with Gasteiger partial charge in [0.1, 0.15) is 10.5 Å². The molecule has 2 aliphatic heterocycles. The minimum atomic E-state index is -1.89. The number of Topliss-reactive ketones (excluding diaryl/α,β-unsaturated/α-hetero) is 1. The molecule has 120 valence electrons. The zero-order valence-corrected chi connectivity index (χ0v) is 13.1. The molecule has 0 bridgehead atoms. The smallest absolute Gasteiger partial charge is 0.332 e. The Morgan fingerprint density at radius 3 is 2.64 bits per heavy atom. The Kier molecular flexibility index (Phi) is 4.90. The summed E-state index contributed by atoms with van der Waals surface area (Å²) in [6.45, 7) is -0.816. The van der Waals surface area contributed by atoms with Gasteiger partial charge in [0.2, 0.25) is 5.78 Å². The van der Waals surface area contributed by atoms with Crippen molar-refractivity contribution in [2.75, 3.05) is 6.61 Å². The largest absolute Gasteiger partial charge is 0.479 e. The van der Waals surface area contributed by atoms with Crippen LogP contribution in [0, 0.1) is 5.92 Å². The van der Waals surface area contributed by atoms with Gasteiger partial charge in [-0.15, -0.1) is 12.6 Å². The molecule has 3 atom stereocenters. The van der Waals surface area contributed by atoms with E-state index in [0.29, 0.717) is 6.42 Å². The molecule has 3 unspecified atom stereocenters. The number of thiocarbonyl (C=S) groups is 1. The van der Waals surface area contributed by atoms with E-state index in [1.165, 1.54) is 12.3 Å². The normalized spacial score (nSPS) is 30.7. The maximum atomic E-state index is 12.4. The van der Waals surface area contributed by atoms with E-state index in [4.69, 9.17) is 17.0 Å². The third kappa shape index (κ3) is 2.65. The quantitative estimate of drug-likeness (QED) is 0.418. The number of carbonyl (C=O) groups is 2. The molecule has 7 nitrogen and oxygen atoms in total. The highest BCUT2D eigenvalue weighted by Gasteiger charge is 2.59. The van der Waals surface area contributed by atoms with Crippen LogP contribution in [0.4, 0.5) is 0 Å². The van der Waals surface area contributed by atoms with E-state index in [0.717, 1.165) is 4.90 Å². The molecular formula is C13H15NO6S2. The van der Waals surface area contributed by atoms with Crippen LogP contribution in [-0.2, 0) is 14.3 Å². The van der Waals surface area contributed by atoms with Crippen LogP contribution in [0.15, 0.2) is 24.2 Å². The molecule has 0 spiro atoms. The molecule has 0 saturated carbocycles. The van der Waals surface area contributed by atoms with E-state index in [-0.39, 0.29) is 16.5 Å². The number of hydrogen-bond acceptors (Lipinski definition) is 6. The highest BCUT2D eigenvalue weighted by Crippen LogP contribution is 2.40. The Morgan fingerprint density at radius 1 is 1.55 bits per heavy atom. The number of hydrogen-bond donors (Lipinski definition) is 4. The minimum Gasteiger partial charge on any atom is -0.479 e. The Labute approximate surface area is 137 Å². The number of thiol groups is 1. The number of carbonyl (C=O) groups excluding carboxylic acids is 1. The maximum absolute atomic E-state index is 12.4. The zero-order valence-electron chi connectivity index (χ0n) is 11.4. The van der Waals surface area contributed by atoms with Crippen LogP contribution >= 0.6 is 24.8 Å². The van der Waals surface area contributed by atoms with Gasteiger partial charge in [0.15, 0.2) is 11.3 Å². The molecular weight excluding hydrogens is 330 g/mol. The molecule has 0 aromatic heterocycles. The van der Waals surface area contributed by atoms with Crippen LogP contribution < -0.4 is 0 Å². The highest BCUT2D eigenvalue weighted by atomic mass is 32.1. The second-order valence-electron chi connectivity index (χ2n) is 5.03. The summed E-state index contributed by atoms with van der Waals surface area (Å²) >= 11 is 8.76. The number of carboxylic acids is 1. The van der Waals surface area contributed by atoms with Gasteiger partial charge in [0.05, 0.1) is 18.8 Å². The molecule has 3 N–H and O–H groups in total. The Hall–Kier alpha value is -1.42.